The van der Waals surface area contributed by atoms with E-state index < -0.39 is 0 Å². The lowest BCUT2D eigenvalue weighted by Gasteiger charge is -2.27. The summed E-state index contributed by atoms with van der Waals surface area (Å²) in [6, 6.07) is 6.83. The van der Waals surface area contributed by atoms with Crippen LogP contribution in [0.5, 0.6) is 0 Å². The minimum absolute atomic E-state index is 0.387. The average Bonchev–Trinajstić information content (AvgIpc) is 2.96. The molecular formula is C14H19N5. The van der Waals surface area contributed by atoms with Gasteiger partial charge < -0.3 is 11.1 Å². The van der Waals surface area contributed by atoms with E-state index in [0.717, 1.165) is 37.2 Å². The fraction of sp³-hybridized carbons (Fsp3) is 0.429. The Bertz CT molecular complexity index is 497. The second kappa shape index (κ2) is 5.40. The van der Waals surface area contributed by atoms with Crippen LogP contribution in [0.25, 0.3) is 5.82 Å². The highest BCUT2D eigenvalue weighted by atomic mass is 15.3. The van der Waals surface area contributed by atoms with E-state index >= 15 is 0 Å². The van der Waals surface area contributed by atoms with E-state index in [1.165, 1.54) is 0 Å². The van der Waals surface area contributed by atoms with Gasteiger partial charge in [-0.1, -0.05) is 0 Å². The van der Waals surface area contributed by atoms with Crippen LogP contribution in [0.2, 0.25) is 0 Å². The first-order valence-corrected chi connectivity index (χ1v) is 6.79. The Kier molecular flexibility index (Phi) is 3.46. The van der Waals surface area contributed by atoms with Crippen molar-refractivity contribution in [3.8, 4) is 5.82 Å². The van der Waals surface area contributed by atoms with Crippen LogP contribution in [0, 0.1) is 0 Å². The fourth-order valence-electron chi connectivity index (χ4n) is 2.51. The molecule has 1 aliphatic carbocycles. The maximum absolute atomic E-state index is 5.91. The molecule has 3 rings (SSSR count). The summed E-state index contributed by atoms with van der Waals surface area (Å²) in [5.41, 5.74) is 6.98. The van der Waals surface area contributed by atoms with Crippen molar-refractivity contribution in [2.75, 3.05) is 5.32 Å². The molecule has 0 atom stereocenters. The lowest BCUT2D eigenvalue weighted by Crippen LogP contribution is -2.32. The zero-order valence-electron chi connectivity index (χ0n) is 10.9. The predicted molar refractivity (Wildman–Crippen MR) is 75.2 cm³/mol. The normalized spacial score (nSPS) is 23.2. The first-order valence-electron chi connectivity index (χ1n) is 6.79. The topological polar surface area (TPSA) is 68.8 Å². The Morgan fingerprint density at radius 3 is 2.68 bits per heavy atom. The van der Waals surface area contributed by atoms with Gasteiger partial charge in [-0.05, 0) is 43.9 Å². The summed E-state index contributed by atoms with van der Waals surface area (Å²) < 4.78 is 1.75. The Hall–Kier alpha value is -1.88. The summed E-state index contributed by atoms with van der Waals surface area (Å²) in [5.74, 6) is 0.834. The quantitative estimate of drug-likeness (QED) is 0.881. The van der Waals surface area contributed by atoms with Crippen molar-refractivity contribution in [3.63, 3.8) is 0 Å². The Labute approximate surface area is 112 Å². The second-order valence-corrected chi connectivity index (χ2v) is 5.11. The van der Waals surface area contributed by atoms with Crippen LogP contribution in [0.3, 0.4) is 0 Å². The van der Waals surface area contributed by atoms with Crippen LogP contribution in [0.1, 0.15) is 25.7 Å². The van der Waals surface area contributed by atoms with Crippen molar-refractivity contribution in [2.24, 2.45) is 5.73 Å². The summed E-state index contributed by atoms with van der Waals surface area (Å²) in [4.78, 5) is 4.41. The third-order valence-electron chi connectivity index (χ3n) is 3.63. The van der Waals surface area contributed by atoms with Gasteiger partial charge in [0.25, 0.3) is 0 Å². The molecule has 19 heavy (non-hydrogen) atoms. The van der Waals surface area contributed by atoms with Gasteiger partial charge in [0.2, 0.25) is 0 Å². The van der Waals surface area contributed by atoms with Gasteiger partial charge in [-0.15, -0.1) is 0 Å². The van der Waals surface area contributed by atoms with Gasteiger partial charge in [-0.3, -0.25) is 0 Å². The maximum Gasteiger partial charge on any atom is 0.153 e. The Balaban J connectivity index is 1.63. The highest BCUT2D eigenvalue weighted by Crippen LogP contribution is 2.21. The Morgan fingerprint density at radius 2 is 2.05 bits per heavy atom. The molecule has 0 aromatic carbocycles. The summed E-state index contributed by atoms with van der Waals surface area (Å²) in [7, 11) is 0. The number of hydrogen-bond donors (Lipinski definition) is 2. The smallest absolute Gasteiger partial charge is 0.153 e. The van der Waals surface area contributed by atoms with Crippen molar-refractivity contribution in [1.29, 1.82) is 0 Å². The lowest BCUT2D eigenvalue weighted by atomic mass is 9.92. The van der Waals surface area contributed by atoms with E-state index in [4.69, 9.17) is 5.73 Å². The molecule has 2 heterocycles. The minimum Gasteiger partial charge on any atom is -0.381 e. The third-order valence-corrected chi connectivity index (χ3v) is 3.63. The van der Waals surface area contributed by atoms with Crippen LogP contribution in [0.15, 0.2) is 36.8 Å². The van der Waals surface area contributed by atoms with Crippen LogP contribution in [-0.2, 0) is 0 Å². The summed E-state index contributed by atoms with van der Waals surface area (Å²) >= 11 is 0. The predicted octanol–water partition coefficient (Wildman–Crippen LogP) is 1.95. The number of aromatic nitrogens is 3. The van der Waals surface area contributed by atoms with E-state index in [1.54, 1.807) is 10.9 Å². The van der Waals surface area contributed by atoms with Crippen molar-refractivity contribution >= 4 is 5.69 Å². The first kappa shape index (κ1) is 12.2. The molecule has 0 unspecified atom stereocenters. The number of nitrogens with two attached hydrogens (primary N) is 1. The van der Waals surface area contributed by atoms with Gasteiger partial charge in [0, 0.05) is 24.5 Å². The van der Waals surface area contributed by atoms with Gasteiger partial charge in [0.1, 0.15) is 0 Å². The van der Waals surface area contributed by atoms with Crippen LogP contribution in [-0.4, -0.2) is 26.8 Å². The van der Waals surface area contributed by atoms with Crippen LogP contribution >= 0.6 is 0 Å². The molecule has 3 N–H and O–H groups in total. The summed E-state index contributed by atoms with van der Waals surface area (Å²) in [5, 5.41) is 7.69. The van der Waals surface area contributed by atoms with Crippen molar-refractivity contribution in [2.45, 2.75) is 37.8 Å². The van der Waals surface area contributed by atoms with Gasteiger partial charge in [-0.2, -0.15) is 5.10 Å². The highest BCUT2D eigenvalue weighted by molar-refractivity contribution is 5.44. The van der Waals surface area contributed by atoms with Gasteiger partial charge in [0.05, 0.1) is 11.9 Å². The lowest BCUT2D eigenvalue weighted by molar-refractivity contribution is 0.411. The van der Waals surface area contributed by atoms with E-state index in [-0.39, 0.29) is 0 Å². The minimum atomic E-state index is 0.387. The first-order chi connectivity index (χ1) is 9.31. The number of nitrogens with one attached hydrogen (secondary N) is 1. The van der Waals surface area contributed by atoms with Crippen molar-refractivity contribution in [3.05, 3.63) is 36.8 Å². The van der Waals surface area contributed by atoms with E-state index in [1.807, 2.05) is 24.5 Å². The Morgan fingerprint density at radius 1 is 1.21 bits per heavy atom. The van der Waals surface area contributed by atoms with E-state index in [9.17, 15) is 0 Å². The molecule has 1 aliphatic rings. The molecule has 2 aromatic rings. The molecule has 5 heteroatoms. The molecule has 1 saturated carbocycles. The van der Waals surface area contributed by atoms with Crippen LogP contribution in [0.4, 0.5) is 5.69 Å². The molecule has 0 aliphatic heterocycles. The van der Waals surface area contributed by atoms with Gasteiger partial charge in [0.15, 0.2) is 5.82 Å². The molecule has 0 bridgehead atoms. The molecule has 0 spiro atoms. The largest absolute Gasteiger partial charge is 0.381 e. The van der Waals surface area contributed by atoms with E-state index in [2.05, 4.69) is 21.5 Å². The SMILES string of the molecule is NC1CCC(Nc2ccc(-n3cccn3)nc2)CC1. The summed E-state index contributed by atoms with van der Waals surface area (Å²) in [6.45, 7) is 0. The highest BCUT2D eigenvalue weighted by Gasteiger charge is 2.18. The molecule has 5 nitrogen and oxygen atoms in total. The number of rotatable bonds is 3. The van der Waals surface area contributed by atoms with E-state index in [0.29, 0.717) is 12.1 Å². The fourth-order valence-corrected chi connectivity index (χ4v) is 2.51. The average molecular weight is 257 g/mol. The molecule has 0 saturated heterocycles. The maximum atomic E-state index is 5.91. The second-order valence-electron chi connectivity index (χ2n) is 5.11. The van der Waals surface area contributed by atoms with Gasteiger partial charge >= 0.3 is 0 Å². The number of hydrogen-bond acceptors (Lipinski definition) is 4. The zero-order chi connectivity index (χ0) is 13.1. The summed E-state index contributed by atoms with van der Waals surface area (Å²) in [6.07, 6.45) is 10.00. The van der Waals surface area contributed by atoms with Crippen molar-refractivity contribution < 1.29 is 0 Å². The zero-order valence-corrected chi connectivity index (χ0v) is 10.9. The molecule has 0 amide bonds. The van der Waals surface area contributed by atoms with Crippen LogP contribution < -0.4 is 11.1 Å². The van der Waals surface area contributed by atoms with Gasteiger partial charge in [-0.25, -0.2) is 9.67 Å². The standard InChI is InChI=1S/C14H19N5/c15-11-2-4-12(5-3-11)18-13-6-7-14(16-10-13)19-9-1-8-17-19/h1,6-12,18H,2-5,15H2. The number of pyridine rings is 1. The number of nitrogens with zero attached hydrogens (tertiary/aromatic N) is 3. The molecule has 0 radical (unpaired) electrons. The monoisotopic (exact) mass is 257 g/mol. The molecular weight excluding hydrogens is 238 g/mol. The molecule has 1 fully saturated rings. The molecule has 2 aromatic heterocycles. The molecule has 100 valence electrons. The number of anilines is 1. The third kappa shape index (κ3) is 2.93. The van der Waals surface area contributed by atoms with Crippen molar-refractivity contribution in [1.82, 2.24) is 14.8 Å².